The molecule has 31 heavy (non-hydrogen) atoms. The largest absolute Gasteiger partial charge is 0.462 e. The summed E-state index contributed by atoms with van der Waals surface area (Å²) in [5.41, 5.74) is -0.733. The van der Waals surface area contributed by atoms with Crippen LogP contribution in [-0.4, -0.2) is 81.9 Å². The first-order valence-electron chi connectivity index (χ1n) is 10.7. The topological polar surface area (TPSA) is 96.7 Å². The Labute approximate surface area is 186 Å². The van der Waals surface area contributed by atoms with E-state index < -0.39 is 29.6 Å². The molecule has 0 aliphatic heterocycles. The van der Waals surface area contributed by atoms with Crippen LogP contribution in [0.15, 0.2) is 0 Å². The highest BCUT2D eigenvalue weighted by molar-refractivity contribution is 5.88. The van der Waals surface area contributed by atoms with Crippen molar-refractivity contribution >= 4 is 11.9 Å². The monoisotopic (exact) mass is 445 g/mol. The van der Waals surface area contributed by atoms with Crippen LogP contribution in [0.5, 0.6) is 0 Å². The van der Waals surface area contributed by atoms with Gasteiger partial charge in [0.25, 0.3) is 6.57 Å². The average molecular weight is 446 g/mol. The van der Waals surface area contributed by atoms with Gasteiger partial charge in [-0.25, -0.2) is 4.79 Å². The van der Waals surface area contributed by atoms with Crippen molar-refractivity contribution in [2.75, 3.05) is 46.8 Å². The molecular formula is C22H41N2O7+. The maximum absolute atomic E-state index is 11.9. The predicted octanol–water partition coefficient (Wildman–Crippen LogP) is 2.42. The van der Waals surface area contributed by atoms with Crippen LogP contribution in [0.25, 0.3) is 4.85 Å². The first kappa shape index (κ1) is 29.3. The second-order valence-electron chi connectivity index (χ2n) is 8.54. The van der Waals surface area contributed by atoms with Crippen LogP contribution in [0.1, 0.15) is 54.4 Å². The molecule has 0 fully saturated rings. The minimum Gasteiger partial charge on any atom is -0.462 e. The second kappa shape index (κ2) is 15.1. The van der Waals surface area contributed by atoms with Gasteiger partial charge in [0.2, 0.25) is 0 Å². The summed E-state index contributed by atoms with van der Waals surface area (Å²) in [5.74, 6) is -0.981. The first-order valence-corrected chi connectivity index (χ1v) is 10.7. The van der Waals surface area contributed by atoms with Gasteiger partial charge in [-0.1, -0.05) is 4.85 Å². The molecule has 0 heterocycles. The van der Waals surface area contributed by atoms with E-state index >= 15 is 0 Å². The number of methoxy groups -OCH3 is 1. The molecule has 0 rings (SSSR count). The molecule has 2 unspecified atom stereocenters. The van der Waals surface area contributed by atoms with Gasteiger partial charge in [-0.3, -0.25) is 4.79 Å². The van der Waals surface area contributed by atoms with Gasteiger partial charge in [0.05, 0.1) is 37.6 Å². The van der Waals surface area contributed by atoms with Gasteiger partial charge in [0.15, 0.2) is 0 Å². The van der Waals surface area contributed by atoms with Crippen molar-refractivity contribution in [3.8, 4) is 6.57 Å². The number of nitrogens with zero attached hydrogens (tertiary/aromatic N) is 1. The SMILES string of the molecule is C#[N+]C(C)C(=O)NC(C)C(=O)OCCOC(C)(C)CCOC(C)(C)CCOCCOC. The van der Waals surface area contributed by atoms with Crippen molar-refractivity contribution in [1.82, 2.24) is 5.32 Å². The Bertz CT molecular complexity index is 573. The summed E-state index contributed by atoms with van der Waals surface area (Å²) in [6, 6.07) is -1.52. The van der Waals surface area contributed by atoms with Gasteiger partial charge in [0, 0.05) is 20.6 Å². The zero-order valence-electron chi connectivity index (χ0n) is 20.2. The van der Waals surface area contributed by atoms with E-state index in [4.69, 9.17) is 30.3 Å². The number of esters is 1. The van der Waals surface area contributed by atoms with E-state index in [2.05, 4.69) is 10.2 Å². The van der Waals surface area contributed by atoms with Gasteiger partial charge < -0.3 is 29.0 Å². The summed E-state index contributed by atoms with van der Waals surface area (Å²) < 4.78 is 27.4. The van der Waals surface area contributed by atoms with Crippen molar-refractivity contribution in [3.05, 3.63) is 4.85 Å². The molecule has 0 aliphatic carbocycles. The summed E-state index contributed by atoms with van der Waals surface area (Å²) in [6.45, 7) is 18.7. The van der Waals surface area contributed by atoms with Crippen LogP contribution in [0.4, 0.5) is 0 Å². The Morgan fingerprint density at radius 1 is 0.903 bits per heavy atom. The van der Waals surface area contributed by atoms with Crippen molar-refractivity contribution < 1.29 is 33.3 Å². The van der Waals surface area contributed by atoms with Gasteiger partial charge in [-0.2, -0.15) is 0 Å². The fraction of sp³-hybridized carbons (Fsp3) is 0.864. The Balaban J connectivity index is 4.06. The van der Waals surface area contributed by atoms with Crippen LogP contribution in [0.3, 0.4) is 0 Å². The smallest absolute Gasteiger partial charge is 0.345 e. The second-order valence-corrected chi connectivity index (χ2v) is 8.54. The summed E-state index contributed by atoms with van der Waals surface area (Å²) in [6.07, 6.45) is 1.46. The third-order valence-electron chi connectivity index (χ3n) is 4.61. The lowest BCUT2D eigenvalue weighted by atomic mass is 10.0. The highest BCUT2D eigenvalue weighted by Gasteiger charge is 2.26. The number of nitrogens with one attached hydrogen (secondary N) is 1. The Kier molecular flexibility index (Phi) is 14.3. The Morgan fingerprint density at radius 2 is 1.48 bits per heavy atom. The summed E-state index contributed by atoms with van der Waals surface area (Å²) in [5, 5.41) is 2.49. The zero-order valence-corrected chi connectivity index (χ0v) is 20.2. The lowest BCUT2D eigenvalue weighted by molar-refractivity contribution is -0.151. The minimum absolute atomic E-state index is 0.0878. The number of ether oxygens (including phenoxy) is 5. The van der Waals surface area contributed by atoms with Crippen LogP contribution in [0.2, 0.25) is 0 Å². The number of carbonyl (C=O) groups is 2. The molecular weight excluding hydrogens is 404 g/mol. The molecule has 2 atom stereocenters. The van der Waals surface area contributed by atoms with E-state index in [-0.39, 0.29) is 18.8 Å². The molecule has 0 bridgehead atoms. The van der Waals surface area contributed by atoms with E-state index in [0.29, 0.717) is 32.8 Å². The van der Waals surface area contributed by atoms with Crippen LogP contribution in [-0.2, 0) is 33.3 Å². The first-order chi connectivity index (χ1) is 14.4. The van der Waals surface area contributed by atoms with Crippen molar-refractivity contribution in [2.45, 2.75) is 77.7 Å². The lowest BCUT2D eigenvalue weighted by Crippen LogP contribution is -2.43. The molecule has 9 heteroatoms. The minimum atomic E-state index is -0.793. The third kappa shape index (κ3) is 14.8. The Morgan fingerprint density at radius 3 is 2.06 bits per heavy atom. The maximum Gasteiger partial charge on any atom is 0.345 e. The van der Waals surface area contributed by atoms with Crippen LogP contribution >= 0.6 is 0 Å². The fourth-order valence-electron chi connectivity index (χ4n) is 2.33. The lowest BCUT2D eigenvalue weighted by Gasteiger charge is -2.29. The fourth-order valence-corrected chi connectivity index (χ4v) is 2.33. The van der Waals surface area contributed by atoms with Gasteiger partial charge in [-0.05, 0) is 47.5 Å². The molecule has 0 saturated heterocycles. The van der Waals surface area contributed by atoms with Crippen molar-refractivity contribution in [2.24, 2.45) is 0 Å². The van der Waals surface area contributed by atoms with E-state index in [1.807, 2.05) is 27.7 Å². The highest BCUT2D eigenvalue weighted by atomic mass is 16.6. The standard InChI is InChI=1S/C22H40N2O7/c1-17(23-7)19(25)24-18(2)20(26)29-15-16-31-22(5,6)10-12-30-21(3,4)9-11-28-14-13-27-8/h7,17-18H,9-16H2,1-6,8H3/p+1. The van der Waals surface area contributed by atoms with E-state index in [9.17, 15) is 9.59 Å². The average Bonchev–Trinajstić information content (AvgIpc) is 2.69. The number of rotatable bonds is 17. The molecule has 0 aromatic rings. The predicted molar refractivity (Wildman–Crippen MR) is 118 cm³/mol. The van der Waals surface area contributed by atoms with Crippen molar-refractivity contribution in [3.63, 3.8) is 0 Å². The molecule has 1 amide bonds. The molecule has 0 aromatic heterocycles. The number of hydrogen-bond donors (Lipinski definition) is 1. The highest BCUT2D eigenvalue weighted by Crippen LogP contribution is 2.19. The molecule has 0 aromatic carbocycles. The number of carbonyl (C=O) groups excluding carboxylic acids is 2. The molecule has 1 N–H and O–H groups in total. The van der Waals surface area contributed by atoms with Gasteiger partial charge in [-0.15, -0.1) is 0 Å². The number of amides is 1. The van der Waals surface area contributed by atoms with Gasteiger partial charge in [0.1, 0.15) is 12.6 Å². The van der Waals surface area contributed by atoms with E-state index in [1.165, 1.54) is 13.8 Å². The van der Waals surface area contributed by atoms with E-state index in [0.717, 1.165) is 6.42 Å². The zero-order chi connectivity index (χ0) is 23.9. The molecule has 0 saturated carbocycles. The molecule has 180 valence electrons. The normalized spacial score (nSPS) is 13.9. The quantitative estimate of drug-likeness (QED) is 0.271. The molecule has 0 spiro atoms. The summed E-state index contributed by atoms with van der Waals surface area (Å²) in [7, 11) is 1.65. The Hall–Kier alpha value is -1.73. The van der Waals surface area contributed by atoms with E-state index in [1.54, 1.807) is 7.11 Å². The third-order valence-corrected chi connectivity index (χ3v) is 4.61. The van der Waals surface area contributed by atoms with Gasteiger partial charge >= 0.3 is 17.9 Å². The summed E-state index contributed by atoms with van der Waals surface area (Å²) in [4.78, 5) is 27.0. The van der Waals surface area contributed by atoms with Crippen LogP contribution < -0.4 is 5.32 Å². The maximum atomic E-state index is 11.9. The molecule has 0 radical (unpaired) electrons. The van der Waals surface area contributed by atoms with Crippen LogP contribution in [0, 0.1) is 6.57 Å². The summed E-state index contributed by atoms with van der Waals surface area (Å²) >= 11 is 0. The van der Waals surface area contributed by atoms with Crippen molar-refractivity contribution in [1.29, 1.82) is 0 Å². The number of hydrogen-bond acceptors (Lipinski definition) is 7. The molecule has 0 aliphatic rings. The molecule has 9 nitrogen and oxygen atoms in total.